The van der Waals surface area contributed by atoms with Gasteiger partial charge in [0.2, 0.25) is 5.95 Å². The minimum atomic E-state index is -0.522. The fourth-order valence-corrected chi connectivity index (χ4v) is 4.20. The largest absolute Gasteiger partial charge is 0.379 e. The van der Waals surface area contributed by atoms with Gasteiger partial charge in [-0.05, 0) is 48.4 Å². The first-order valence-electron chi connectivity index (χ1n) is 11.5. The highest BCUT2D eigenvalue weighted by Crippen LogP contribution is 2.33. The van der Waals surface area contributed by atoms with Crippen LogP contribution in [-0.4, -0.2) is 71.5 Å². The first-order chi connectivity index (χ1) is 17.5. The van der Waals surface area contributed by atoms with Crippen molar-refractivity contribution in [3.63, 3.8) is 0 Å². The predicted octanol–water partition coefficient (Wildman–Crippen LogP) is 2.59. The topological polar surface area (TPSA) is 119 Å². The summed E-state index contributed by atoms with van der Waals surface area (Å²) in [6, 6.07) is 11.4. The van der Waals surface area contributed by atoms with E-state index in [0.717, 1.165) is 9.80 Å². The molecule has 0 saturated carbocycles. The molecule has 0 N–H and O–H groups in total. The summed E-state index contributed by atoms with van der Waals surface area (Å²) < 4.78 is 10.6. The van der Waals surface area contributed by atoms with Gasteiger partial charge in [0.25, 0.3) is 23.6 Å². The normalized spacial score (nSPS) is 14.6. The molecule has 36 heavy (non-hydrogen) atoms. The van der Waals surface area contributed by atoms with Crippen LogP contribution in [0.4, 0.5) is 5.95 Å². The second kappa shape index (κ2) is 9.76. The summed E-state index contributed by atoms with van der Waals surface area (Å²) in [5.41, 5.74) is 2.35. The summed E-state index contributed by atoms with van der Waals surface area (Å²) in [4.78, 5) is 61.6. The van der Waals surface area contributed by atoms with Crippen LogP contribution >= 0.6 is 0 Å². The standard InChI is InChI=1S/C26H22N4O6/c1-2-35-12-13-36-11-10-29-22(31)18-6-4-16(14-20(18)23(29)32)17-5-7-19-21(15-17)25(34)30(24(19)33)26-27-8-3-9-28-26/h3-9,14-15H,2,10-13H2,1H3. The molecule has 0 unspecified atom stereocenters. The quantitative estimate of drug-likeness (QED) is 0.334. The highest BCUT2D eigenvalue weighted by Gasteiger charge is 2.39. The summed E-state index contributed by atoms with van der Waals surface area (Å²) in [5, 5.41) is 0. The Morgan fingerprint density at radius 3 is 1.92 bits per heavy atom. The van der Waals surface area contributed by atoms with Gasteiger partial charge in [0, 0.05) is 19.0 Å². The maximum Gasteiger partial charge on any atom is 0.268 e. The molecule has 0 bridgehead atoms. The second-order valence-corrected chi connectivity index (χ2v) is 8.09. The number of nitrogens with zero attached hydrogens (tertiary/aromatic N) is 4. The van der Waals surface area contributed by atoms with Crippen molar-refractivity contribution in [3.05, 3.63) is 77.1 Å². The van der Waals surface area contributed by atoms with E-state index in [0.29, 0.717) is 36.5 Å². The molecule has 0 aliphatic carbocycles. The van der Waals surface area contributed by atoms with Crippen LogP contribution in [0.5, 0.6) is 0 Å². The maximum atomic E-state index is 13.0. The number of hydrogen-bond acceptors (Lipinski definition) is 8. The first kappa shape index (κ1) is 23.5. The van der Waals surface area contributed by atoms with E-state index in [1.165, 1.54) is 12.4 Å². The molecule has 1 aromatic heterocycles. The van der Waals surface area contributed by atoms with Gasteiger partial charge in [0.05, 0.1) is 48.6 Å². The van der Waals surface area contributed by atoms with Crippen molar-refractivity contribution >= 4 is 29.6 Å². The van der Waals surface area contributed by atoms with Crippen LogP contribution in [0.2, 0.25) is 0 Å². The van der Waals surface area contributed by atoms with Crippen LogP contribution in [0.25, 0.3) is 11.1 Å². The Kier molecular flexibility index (Phi) is 6.36. The molecular formula is C26H22N4O6. The van der Waals surface area contributed by atoms with Gasteiger partial charge in [-0.1, -0.05) is 12.1 Å². The van der Waals surface area contributed by atoms with Crippen LogP contribution in [0.15, 0.2) is 54.9 Å². The van der Waals surface area contributed by atoms with E-state index in [1.54, 1.807) is 42.5 Å². The second-order valence-electron chi connectivity index (χ2n) is 8.09. The van der Waals surface area contributed by atoms with Crippen molar-refractivity contribution in [2.45, 2.75) is 6.92 Å². The van der Waals surface area contributed by atoms with E-state index in [-0.39, 0.29) is 41.7 Å². The van der Waals surface area contributed by atoms with Crippen LogP contribution in [0.1, 0.15) is 48.4 Å². The number of ether oxygens (including phenoxy) is 2. The fourth-order valence-electron chi connectivity index (χ4n) is 4.20. The molecule has 0 fully saturated rings. The highest BCUT2D eigenvalue weighted by atomic mass is 16.5. The zero-order chi connectivity index (χ0) is 25.2. The van der Waals surface area contributed by atoms with E-state index in [9.17, 15) is 19.2 Å². The van der Waals surface area contributed by atoms with Crippen LogP contribution < -0.4 is 4.90 Å². The minimum Gasteiger partial charge on any atom is -0.379 e. The van der Waals surface area contributed by atoms with Gasteiger partial charge in [-0.2, -0.15) is 0 Å². The van der Waals surface area contributed by atoms with E-state index in [2.05, 4.69) is 9.97 Å². The van der Waals surface area contributed by atoms with Crippen LogP contribution in [0.3, 0.4) is 0 Å². The van der Waals surface area contributed by atoms with E-state index in [4.69, 9.17) is 9.47 Å². The average Bonchev–Trinajstić information content (AvgIpc) is 3.30. The number of rotatable bonds is 9. The Labute approximate surface area is 206 Å². The molecule has 0 saturated heterocycles. The summed E-state index contributed by atoms with van der Waals surface area (Å²) in [7, 11) is 0. The molecule has 4 amide bonds. The van der Waals surface area contributed by atoms with Gasteiger partial charge < -0.3 is 9.47 Å². The molecule has 0 atom stereocenters. The molecule has 2 aliphatic heterocycles. The first-order valence-corrected chi connectivity index (χ1v) is 11.5. The van der Waals surface area contributed by atoms with E-state index in [1.807, 2.05) is 6.92 Å². The highest BCUT2D eigenvalue weighted by molar-refractivity contribution is 6.34. The van der Waals surface area contributed by atoms with Crippen molar-refractivity contribution in [3.8, 4) is 11.1 Å². The average molecular weight is 486 g/mol. The molecule has 3 aromatic rings. The Morgan fingerprint density at radius 2 is 1.25 bits per heavy atom. The third kappa shape index (κ3) is 4.06. The van der Waals surface area contributed by atoms with Crippen LogP contribution in [0, 0.1) is 0 Å². The lowest BCUT2D eigenvalue weighted by molar-refractivity contribution is 0.0383. The van der Waals surface area contributed by atoms with Gasteiger partial charge in [0.1, 0.15) is 0 Å². The molecular weight excluding hydrogens is 464 g/mol. The maximum absolute atomic E-state index is 13.0. The SMILES string of the molecule is CCOCCOCCN1C(=O)c2ccc(-c3ccc4c(c3)C(=O)N(c3ncccn3)C4=O)cc2C1=O. The number of benzene rings is 2. The molecule has 10 nitrogen and oxygen atoms in total. The molecule has 2 aromatic carbocycles. The Hall–Kier alpha value is -4.28. The molecule has 0 spiro atoms. The fraction of sp³-hybridized carbons (Fsp3) is 0.231. The van der Waals surface area contributed by atoms with Crippen LogP contribution in [-0.2, 0) is 9.47 Å². The Morgan fingerprint density at radius 1 is 0.694 bits per heavy atom. The minimum absolute atomic E-state index is 0.00819. The monoisotopic (exact) mass is 486 g/mol. The number of aromatic nitrogens is 2. The Bertz CT molecular complexity index is 1370. The summed E-state index contributed by atoms with van der Waals surface area (Å²) in [6.07, 6.45) is 2.91. The van der Waals surface area contributed by atoms with Crippen molar-refractivity contribution in [2.75, 3.05) is 37.9 Å². The van der Waals surface area contributed by atoms with Gasteiger partial charge in [-0.3, -0.25) is 24.1 Å². The summed E-state index contributed by atoms with van der Waals surface area (Å²) in [5.74, 6) is -1.78. The molecule has 5 rings (SSSR count). The van der Waals surface area contributed by atoms with Crippen molar-refractivity contribution in [1.29, 1.82) is 0 Å². The van der Waals surface area contributed by atoms with Gasteiger partial charge in [0.15, 0.2) is 0 Å². The summed E-state index contributed by atoms with van der Waals surface area (Å²) >= 11 is 0. The molecule has 10 heteroatoms. The zero-order valence-electron chi connectivity index (χ0n) is 19.5. The number of amides is 4. The zero-order valence-corrected chi connectivity index (χ0v) is 19.5. The molecule has 3 heterocycles. The molecule has 2 aliphatic rings. The molecule has 182 valence electrons. The third-order valence-electron chi connectivity index (χ3n) is 5.98. The van der Waals surface area contributed by atoms with Crippen molar-refractivity contribution in [2.24, 2.45) is 0 Å². The molecule has 0 radical (unpaired) electrons. The van der Waals surface area contributed by atoms with Gasteiger partial charge in [-0.25, -0.2) is 14.9 Å². The van der Waals surface area contributed by atoms with Crippen molar-refractivity contribution in [1.82, 2.24) is 14.9 Å². The van der Waals surface area contributed by atoms with E-state index < -0.39 is 17.7 Å². The predicted molar refractivity (Wildman–Crippen MR) is 128 cm³/mol. The summed E-state index contributed by atoms with van der Waals surface area (Å²) in [6.45, 7) is 3.68. The third-order valence-corrected chi connectivity index (χ3v) is 5.98. The lowest BCUT2D eigenvalue weighted by atomic mass is 9.97. The smallest absolute Gasteiger partial charge is 0.268 e. The Balaban J connectivity index is 1.35. The number of fused-ring (bicyclic) bond motifs is 2. The van der Waals surface area contributed by atoms with Crippen molar-refractivity contribution < 1.29 is 28.7 Å². The lowest BCUT2D eigenvalue weighted by Gasteiger charge is -2.13. The number of hydrogen-bond donors (Lipinski definition) is 0. The number of carbonyl (C=O) groups excluding carboxylic acids is 4. The van der Waals surface area contributed by atoms with Gasteiger partial charge in [-0.15, -0.1) is 0 Å². The number of anilines is 1. The van der Waals surface area contributed by atoms with E-state index >= 15 is 0 Å². The van der Waals surface area contributed by atoms with Gasteiger partial charge >= 0.3 is 0 Å². The number of carbonyl (C=O) groups is 4. The number of imide groups is 2. The lowest BCUT2D eigenvalue weighted by Crippen LogP contribution is -2.33.